The SMILES string of the molecule is O=C(CC1Sc2ccc(C(F)(F)F)cc2NC1=O)OCc1cc(=O)n2ccsc2n1. The summed E-state index contributed by atoms with van der Waals surface area (Å²) < 4.78 is 44.9. The zero-order valence-electron chi connectivity index (χ0n) is 14.9. The number of fused-ring (bicyclic) bond motifs is 2. The molecule has 1 atom stereocenters. The van der Waals surface area contributed by atoms with E-state index in [-0.39, 0.29) is 30.0 Å². The third-order valence-corrected chi connectivity index (χ3v) is 6.25. The molecule has 1 aliphatic heterocycles. The van der Waals surface area contributed by atoms with E-state index < -0.39 is 28.9 Å². The lowest BCUT2D eigenvalue weighted by Crippen LogP contribution is -2.31. The van der Waals surface area contributed by atoms with Crippen LogP contribution in [0.2, 0.25) is 0 Å². The van der Waals surface area contributed by atoms with Gasteiger partial charge in [0.1, 0.15) is 6.61 Å². The van der Waals surface area contributed by atoms with Gasteiger partial charge in [0.25, 0.3) is 5.56 Å². The number of carbonyl (C=O) groups is 2. The van der Waals surface area contributed by atoms with Crippen LogP contribution < -0.4 is 10.9 Å². The first-order valence-electron chi connectivity index (χ1n) is 8.51. The third-order valence-electron chi connectivity index (χ3n) is 4.22. The Morgan fingerprint density at radius 1 is 1.27 bits per heavy atom. The Kier molecular flexibility index (Phi) is 5.28. The maximum absolute atomic E-state index is 12.8. The second-order valence-electron chi connectivity index (χ2n) is 6.31. The Morgan fingerprint density at radius 2 is 2.07 bits per heavy atom. The van der Waals surface area contributed by atoms with Crippen molar-refractivity contribution in [1.82, 2.24) is 9.38 Å². The van der Waals surface area contributed by atoms with Crippen molar-refractivity contribution in [3.63, 3.8) is 0 Å². The number of halogens is 3. The molecule has 0 bridgehead atoms. The molecule has 0 radical (unpaired) electrons. The fourth-order valence-corrected chi connectivity index (χ4v) is 4.60. The van der Waals surface area contributed by atoms with Gasteiger partial charge >= 0.3 is 12.1 Å². The van der Waals surface area contributed by atoms with Crippen molar-refractivity contribution in [2.24, 2.45) is 0 Å². The van der Waals surface area contributed by atoms with E-state index in [0.29, 0.717) is 9.86 Å². The molecule has 0 fully saturated rings. The molecule has 2 aromatic heterocycles. The van der Waals surface area contributed by atoms with E-state index in [1.165, 1.54) is 27.9 Å². The molecule has 3 heterocycles. The van der Waals surface area contributed by atoms with Crippen LogP contribution in [0.15, 0.2) is 45.5 Å². The van der Waals surface area contributed by atoms with Crippen LogP contribution in [0.3, 0.4) is 0 Å². The number of carbonyl (C=O) groups excluding carboxylic acids is 2. The molecule has 30 heavy (non-hydrogen) atoms. The van der Waals surface area contributed by atoms with Crippen molar-refractivity contribution in [2.45, 2.75) is 29.3 Å². The zero-order valence-corrected chi connectivity index (χ0v) is 16.6. The van der Waals surface area contributed by atoms with Crippen molar-refractivity contribution in [2.75, 3.05) is 5.32 Å². The summed E-state index contributed by atoms with van der Waals surface area (Å²) in [6.07, 6.45) is -3.22. The number of amides is 1. The monoisotopic (exact) mass is 455 g/mol. The number of benzene rings is 1. The van der Waals surface area contributed by atoms with Crippen LogP contribution in [0.4, 0.5) is 18.9 Å². The molecule has 1 aromatic carbocycles. The maximum atomic E-state index is 12.8. The van der Waals surface area contributed by atoms with Gasteiger partial charge in [0.2, 0.25) is 5.91 Å². The second kappa shape index (κ2) is 7.76. The largest absolute Gasteiger partial charge is 0.459 e. The van der Waals surface area contributed by atoms with Crippen molar-refractivity contribution in [3.05, 3.63) is 57.5 Å². The molecule has 3 aromatic rings. The van der Waals surface area contributed by atoms with Crippen molar-refractivity contribution >= 4 is 45.6 Å². The van der Waals surface area contributed by atoms with Gasteiger partial charge in [-0.25, -0.2) is 4.98 Å². The summed E-state index contributed by atoms with van der Waals surface area (Å²) in [6, 6.07) is 4.29. The molecule has 1 aliphatic rings. The van der Waals surface area contributed by atoms with E-state index in [1.807, 2.05) is 0 Å². The van der Waals surface area contributed by atoms with Crippen LogP contribution in [0, 0.1) is 0 Å². The standard InChI is InChI=1S/C18H12F3N3O4S2/c19-18(20,21)9-1-2-12-11(5-9)23-16(27)13(30-12)7-15(26)28-8-10-6-14(25)24-3-4-29-17(24)22-10/h1-6,13H,7-8H2,(H,23,27). The number of nitrogens with one attached hydrogen (secondary N) is 1. The van der Waals surface area contributed by atoms with Crippen molar-refractivity contribution in [3.8, 4) is 0 Å². The minimum absolute atomic E-state index is 0.0540. The van der Waals surface area contributed by atoms with Gasteiger partial charge in [0, 0.05) is 22.5 Å². The number of nitrogens with zero attached hydrogens (tertiary/aromatic N) is 2. The normalized spacial score (nSPS) is 16.2. The van der Waals surface area contributed by atoms with E-state index >= 15 is 0 Å². The minimum atomic E-state index is -4.52. The van der Waals surface area contributed by atoms with E-state index in [2.05, 4.69) is 10.3 Å². The van der Waals surface area contributed by atoms with Crippen molar-refractivity contribution in [1.29, 1.82) is 0 Å². The van der Waals surface area contributed by atoms with Gasteiger partial charge in [-0.15, -0.1) is 23.1 Å². The number of thioether (sulfide) groups is 1. The lowest BCUT2D eigenvalue weighted by molar-refractivity contribution is -0.145. The number of alkyl halides is 3. The zero-order chi connectivity index (χ0) is 21.5. The Balaban J connectivity index is 1.40. The van der Waals surface area contributed by atoms with E-state index in [4.69, 9.17) is 4.74 Å². The quantitative estimate of drug-likeness (QED) is 0.607. The summed E-state index contributed by atoms with van der Waals surface area (Å²) in [6.45, 7) is -0.229. The average Bonchev–Trinajstić information content (AvgIpc) is 3.15. The fourth-order valence-electron chi connectivity index (χ4n) is 2.79. The minimum Gasteiger partial charge on any atom is -0.459 e. The summed E-state index contributed by atoms with van der Waals surface area (Å²) in [5.74, 6) is -1.27. The lowest BCUT2D eigenvalue weighted by atomic mass is 10.1. The van der Waals surface area contributed by atoms with E-state index in [0.717, 1.165) is 23.9 Å². The van der Waals surface area contributed by atoms with Gasteiger partial charge in [-0.05, 0) is 18.2 Å². The number of hydrogen-bond acceptors (Lipinski definition) is 7. The highest BCUT2D eigenvalue weighted by atomic mass is 32.2. The summed E-state index contributed by atoms with van der Waals surface area (Å²) in [5, 5.41) is 3.26. The third kappa shape index (κ3) is 4.19. The summed E-state index contributed by atoms with van der Waals surface area (Å²) >= 11 is 2.25. The van der Waals surface area contributed by atoms with Gasteiger partial charge in [0.15, 0.2) is 4.96 Å². The topological polar surface area (TPSA) is 89.8 Å². The van der Waals surface area contributed by atoms with Crippen LogP contribution in [-0.2, 0) is 27.1 Å². The van der Waals surface area contributed by atoms with Gasteiger partial charge in [0.05, 0.1) is 28.6 Å². The number of hydrogen-bond donors (Lipinski definition) is 1. The number of anilines is 1. The lowest BCUT2D eigenvalue weighted by Gasteiger charge is -2.24. The first kappa shape index (κ1) is 20.4. The molecular weight excluding hydrogens is 443 g/mol. The van der Waals surface area contributed by atoms with Crippen LogP contribution >= 0.6 is 23.1 Å². The van der Waals surface area contributed by atoms with Gasteiger partial charge in [-0.3, -0.25) is 18.8 Å². The van der Waals surface area contributed by atoms with E-state index in [1.54, 1.807) is 11.6 Å². The summed E-state index contributed by atoms with van der Waals surface area (Å²) in [4.78, 5) is 41.4. The summed E-state index contributed by atoms with van der Waals surface area (Å²) in [7, 11) is 0. The first-order valence-corrected chi connectivity index (χ1v) is 10.3. The molecule has 1 unspecified atom stereocenters. The predicted octanol–water partition coefficient (Wildman–Crippen LogP) is 3.32. The first-order chi connectivity index (χ1) is 14.2. The highest BCUT2D eigenvalue weighted by Crippen LogP contribution is 2.40. The van der Waals surface area contributed by atoms with Crippen LogP contribution in [0.1, 0.15) is 17.7 Å². The van der Waals surface area contributed by atoms with Crippen molar-refractivity contribution < 1.29 is 27.5 Å². The molecule has 12 heteroatoms. The number of esters is 1. The van der Waals surface area contributed by atoms with Gasteiger partial charge in [-0.1, -0.05) is 0 Å². The highest BCUT2D eigenvalue weighted by Gasteiger charge is 2.34. The molecule has 0 aliphatic carbocycles. The molecule has 0 saturated heterocycles. The molecule has 0 saturated carbocycles. The van der Waals surface area contributed by atoms with Gasteiger partial charge in [-0.2, -0.15) is 13.2 Å². The number of thiazole rings is 1. The Morgan fingerprint density at radius 3 is 2.83 bits per heavy atom. The smallest absolute Gasteiger partial charge is 0.416 e. The molecule has 4 rings (SSSR count). The van der Waals surface area contributed by atoms with Crippen LogP contribution in [-0.4, -0.2) is 26.5 Å². The number of rotatable bonds is 4. The Bertz CT molecular complexity index is 1210. The van der Waals surface area contributed by atoms with E-state index in [9.17, 15) is 27.6 Å². The average molecular weight is 455 g/mol. The second-order valence-corrected chi connectivity index (χ2v) is 8.43. The molecule has 1 N–H and O–H groups in total. The summed E-state index contributed by atoms with van der Waals surface area (Å²) in [5.41, 5.74) is -0.838. The van der Waals surface area contributed by atoms with Crippen LogP contribution in [0.25, 0.3) is 4.96 Å². The molecule has 0 spiro atoms. The molecule has 1 amide bonds. The molecule has 156 valence electrons. The van der Waals surface area contributed by atoms with Crippen LogP contribution in [0.5, 0.6) is 0 Å². The predicted molar refractivity (Wildman–Crippen MR) is 103 cm³/mol. The Hall–Kier alpha value is -2.86. The molecule has 7 nitrogen and oxygen atoms in total. The number of aromatic nitrogens is 2. The fraction of sp³-hybridized carbons (Fsp3) is 0.222. The molecular formula is C18H12F3N3O4S2. The Labute approximate surface area is 174 Å². The number of ether oxygens (including phenoxy) is 1. The van der Waals surface area contributed by atoms with Gasteiger partial charge < -0.3 is 10.1 Å². The maximum Gasteiger partial charge on any atom is 0.416 e. The highest BCUT2D eigenvalue weighted by molar-refractivity contribution is 8.01.